The van der Waals surface area contributed by atoms with E-state index in [1.165, 1.54) is 0 Å². The van der Waals surface area contributed by atoms with Crippen LogP contribution < -0.4 is 10.6 Å². The molecule has 0 saturated heterocycles. The van der Waals surface area contributed by atoms with E-state index in [9.17, 15) is 9.59 Å². The number of hydrogen-bond acceptors (Lipinski definition) is 4. The smallest absolute Gasteiger partial charge is 0.303 e. The van der Waals surface area contributed by atoms with E-state index in [0.717, 1.165) is 6.42 Å². The van der Waals surface area contributed by atoms with Crippen LogP contribution in [0.1, 0.15) is 32.6 Å². The summed E-state index contributed by atoms with van der Waals surface area (Å²) in [5.74, 6) is -0.564. The fourth-order valence-electron chi connectivity index (χ4n) is 1.38. The highest BCUT2D eigenvalue weighted by Crippen LogP contribution is 2.08. The lowest BCUT2D eigenvalue weighted by atomic mass is 10.0. The highest BCUT2D eigenvalue weighted by Gasteiger charge is 2.05. The van der Waals surface area contributed by atoms with E-state index in [4.69, 9.17) is 10.4 Å². The van der Waals surface area contributed by atoms with E-state index < -0.39 is 5.97 Å². The second-order valence-corrected chi connectivity index (χ2v) is 4.26. The second kappa shape index (κ2) is 10.5. The van der Waals surface area contributed by atoms with Crippen LogP contribution >= 0.6 is 0 Å². The van der Waals surface area contributed by atoms with Gasteiger partial charge in [-0.1, -0.05) is 6.92 Å². The Bertz CT molecular complexity index is 299. The van der Waals surface area contributed by atoms with Gasteiger partial charge in [0, 0.05) is 13.0 Å². The fraction of sp³-hybridized carbons (Fsp3) is 0.750. The van der Waals surface area contributed by atoms with Crippen LogP contribution in [0, 0.1) is 17.2 Å². The molecule has 1 amide bonds. The Kier molecular flexibility index (Phi) is 9.60. The molecule has 0 fully saturated rings. The van der Waals surface area contributed by atoms with Crippen molar-refractivity contribution in [2.45, 2.75) is 32.6 Å². The normalized spacial score (nSPS) is 11.6. The molecule has 0 aliphatic heterocycles. The maximum Gasteiger partial charge on any atom is 0.303 e. The van der Waals surface area contributed by atoms with Gasteiger partial charge < -0.3 is 15.7 Å². The van der Waals surface area contributed by atoms with Crippen molar-refractivity contribution in [3.63, 3.8) is 0 Å². The quantitative estimate of drug-likeness (QED) is 0.493. The molecule has 0 aliphatic rings. The zero-order chi connectivity index (χ0) is 13.8. The Morgan fingerprint density at radius 2 is 2.06 bits per heavy atom. The monoisotopic (exact) mass is 255 g/mol. The number of hydrogen-bond donors (Lipinski definition) is 3. The second-order valence-electron chi connectivity index (χ2n) is 4.26. The molecule has 0 heterocycles. The number of nitrogens with one attached hydrogen (secondary N) is 2. The van der Waals surface area contributed by atoms with Crippen molar-refractivity contribution in [3.8, 4) is 6.07 Å². The van der Waals surface area contributed by atoms with E-state index in [1.54, 1.807) is 0 Å². The number of nitriles is 1. The Morgan fingerprint density at radius 1 is 1.33 bits per heavy atom. The third-order valence-corrected chi connectivity index (χ3v) is 2.51. The summed E-state index contributed by atoms with van der Waals surface area (Å²) >= 11 is 0. The van der Waals surface area contributed by atoms with Crippen LogP contribution in [0.5, 0.6) is 0 Å². The van der Waals surface area contributed by atoms with Gasteiger partial charge in [0.2, 0.25) is 5.91 Å². The number of amides is 1. The molecule has 6 nitrogen and oxygen atoms in total. The molecule has 0 rings (SSSR count). The minimum Gasteiger partial charge on any atom is -0.481 e. The molecule has 102 valence electrons. The molecule has 18 heavy (non-hydrogen) atoms. The van der Waals surface area contributed by atoms with Crippen LogP contribution in [0.2, 0.25) is 0 Å². The van der Waals surface area contributed by atoms with Crippen LogP contribution in [0.4, 0.5) is 0 Å². The summed E-state index contributed by atoms with van der Waals surface area (Å²) in [6.07, 6.45) is 2.01. The van der Waals surface area contributed by atoms with Crippen molar-refractivity contribution in [2.75, 3.05) is 19.6 Å². The summed E-state index contributed by atoms with van der Waals surface area (Å²) in [6.45, 7) is 3.30. The first kappa shape index (κ1) is 16.4. The van der Waals surface area contributed by atoms with Crippen molar-refractivity contribution < 1.29 is 14.7 Å². The average molecular weight is 255 g/mol. The summed E-state index contributed by atoms with van der Waals surface area (Å²) in [4.78, 5) is 21.6. The van der Waals surface area contributed by atoms with Crippen molar-refractivity contribution in [3.05, 3.63) is 0 Å². The maximum absolute atomic E-state index is 11.2. The van der Waals surface area contributed by atoms with Crippen molar-refractivity contribution in [1.82, 2.24) is 10.6 Å². The lowest BCUT2D eigenvalue weighted by Gasteiger charge is -2.10. The third-order valence-electron chi connectivity index (χ3n) is 2.51. The molecule has 1 atom stereocenters. The van der Waals surface area contributed by atoms with Gasteiger partial charge in [0.15, 0.2) is 0 Å². The van der Waals surface area contributed by atoms with Gasteiger partial charge in [0.05, 0.1) is 19.0 Å². The minimum atomic E-state index is -0.772. The van der Waals surface area contributed by atoms with E-state index in [0.29, 0.717) is 31.8 Å². The van der Waals surface area contributed by atoms with E-state index >= 15 is 0 Å². The van der Waals surface area contributed by atoms with Gasteiger partial charge in [0.1, 0.15) is 0 Å². The molecule has 0 aliphatic carbocycles. The topological polar surface area (TPSA) is 102 Å². The summed E-state index contributed by atoms with van der Waals surface area (Å²) in [5, 5.41) is 22.4. The Morgan fingerprint density at radius 3 is 2.67 bits per heavy atom. The fourth-order valence-corrected chi connectivity index (χ4v) is 1.38. The number of aliphatic carboxylic acids is 1. The van der Waals surface area contributed by atoms with Crippen LogP contribution in [0.25, 0.3) is 0 Å². The van der Waals surface area contributed by atoms with E-state index in [-0.39, 0.29) is 18.9 Å². The van der Waals surface area contributed by atoms with Crippen LogP contribution in [0.3, 0.4) is 0 Å². The number of carboxylic acid groups (broad SMARTS) is 1. The summed E-state index contributed by atoms with van der Waals surface area (Å²) in [6, 6.07) is 1.95. The number of carbonyl (C=O) groups is 2. The Labute approximate surface area is 107 Å². The number of carbonyl (C=O) groups excluding carboxylic acids is 1. The third kappa shape index (κ3) is 10.9. The van der Waals surface area contributed by atoms with Crippen molar-refractivity contribution in [2.24, 2.45) is 5.92 Å². The van der Waals surface area contributed by atoms with Gasteiger partial charge in [-0.3, -0.25) is 9.59 Å². The molecule has 1 unspecified atom stereocenters. The van der Waals surface area contributed by atoms with Gasteiger partial charge in [-0.15, -0.1) is 0 Å². The highest BCUT2D eigenvalue weighted by molar-refractivity contribution is 5.77. The molecular formula is C12H21N3O3. The SMILES string of the molecule is CC(CCNCC(=O)NCCC#N)CCC(=O)O. The number of carboxylic acids is 1. The summed E-state index contributed by atoms with van der Waals surface area (Å²) in [7, 11) is 0. The Balaban J connectivity index is 3.41. The molecule has 0 aromatic rings. The van der Waals surface area contributed by atoms with Gasteiger partial charge in [-0.25, -0.2) is 0 Å². The molecular weight excluding hydrogens is 234 g/mol. The number of rotatable bonds is 10. The summed E-state index contributed by atoms with van der Waals surface area (Å²) in [5.41, 5.74) is 0. The number of nitrogens with zero attached hydrogens (tertiary/aromatic N) is 1. The van der Waals surface area contributed by atoms with Crippen LogP contribution in [-0.4, -0.2) is 36.6 Å². The minimum absolute atomic E-state index is 0.122. The predicted octanol–water partition coefficient (Wildman–Crippen LogP) is 0.497. The first-order valence-corrected chi connectivity index (χ1v) is 6.12. The highest BCUT2D eigenvalue weighted by atomic mass is 16.4. The zero-order valence-electron chi connectivity index (χ0n) is 10.7. The lowest BCUT2D eigenvalue weighted by molar-refractivity contribution is -0.137. The van der Waals surface area contributed by atoms with Crippen LogP contribution in [-0.2, 0) is 9.59 Å². The first-order chi connectivity index (χ1) is 8.56. The average Bonchev–Trinajstić information content (AvgIpc) is 2.32. The lowest BCUT2D eigenvalue weighted by Crippen LogP contribution is -2.35. The Hall–Kier alpha value is -1.61. The first-order valence-electron chi connectivity index (χ1n) is 6.12. The van der Waals surface area contributed by atoms with Gasteiger partial charge >= 0.3 is 5.97 Å². The molecule has 0 spiro atoms. The molecule has 0 aromatic carbocycles. The predicted molar refractivity (Wildman–Crippen MR) is 66.8 cm³/mol. The standard InChI is InChI=1S/C12H21N3O3/c1-10(3-4-12(17)18)5-8-14-9-11(16)15-7-2-6-13/h10,14H,2-5,7-9H2,1H3,(H,15,16)(H,17,18). The van der Waals surface area contributed by atoms with Crippen molar-refractivity contribution >= 4 is 11.9 Å². The van der Waals surface area contributed by atoms with Gasteiger partial charge in [-0.2, -0.15) is 5.26 Å². The van der Waals surface area contributed by atoms with E-state index in [2.05, 4.69) is 10.6 Å². The molecule has 0 aromatic heterocycles. The van der Waals surface area contributed by atoms with Crippen molar-refractivity contribution in [1.29, 1.82) is 5.26 Å². The molecule has 0 saturated carbocycles. The van der Waals surface area contributed by atoms with E-state index in [1.807, 2.05) is 13.0 Å². The molecule has 0 bridgehead atoms. The largest absolute Gasteiger partial charge is 0.481 e. The van der Waals surface area contributed by atoms with Crippen LogP contribution in [0.15, 0.2) is 0 Å². The molecule has 0 radical (unpaired) electrons. The molecule has 6 heteroatoms. The van der Waals surface area contributed by atoms with Gasteiger partial charge in [-0.05, 0) is 25.3 Å². The summed E-state index contributed by atoms with van der Waals surface area (Å²) < 4.78 is 0. The molecule has 3 N–H and O–H groups in total. The van der Waals surface area contributed by atoms with Gasteiger partial charge in [0.25, 0.3) is 0 Å². The maximum atomic E-state index is 11.2. The zero-order valence-corrected chi connectivity index (χ0v) is 10.7.